The van der Waals surface area contributed by atoms with Gasteiger partial charge in [-0.1, -0.05) is 20.3 Å². The molecule has 0 saturated heterocycles. The van der Waals surface area contributed by atoms with Crippen molar-refractivity contribution in [1.82, 2.24) is 4.72 Å². The van der Waals surface area contributed by atoms with Crippen molar-refractivity contribution in [2.24, 2.45) is 0 Å². The maximum atomic E-state index is 11.9. The van der Waals surface area contributed by atoms with Crippen LogP contribution in [0.15, 0.2) is 23.1 Å². The van der Waals surface area contributed by atoms with Crippen LogP contribution in [0.25, 0.3) is 0 Å². The van der Waals surface area contributed by atoms with Crippen molar-refractivity contribution in [3.05, 3.63) is 18.2 Å². The van der Waals surface area contributed by atoms with E-state index in [0.717, 1.165) is 18.5 Å². The Bertz CT molecular complexity index is 613. The van der Waals surface area contributed by atoms with Crippen LogP contribution in [-0.2, 0) is 14.8 Å². The molecule has 2 rings (SSSR count). The number of hydrogen-bond acceptors (Lipinski definition) is 4. The number of fused-ring (bicyclic) bond motifs is 1. The lowest BCUT2D eigenvalue weighted by molar-refractivity contribution is -0.117. The molecule has 0 fully saturated rings. The van der Waals surface area contributed by atoms with E-state index in [4.69, 9.17) is 0 Å². The predicted octanol–water partition coefficient (Wildman–Crippen LogP) is 1.52. The Hall–Kier alpha value is -1.60. The minimum Gasteiger partial charge on any atom is -0.372 e. The summed E-state index contributed by atoms with van der Waals surface area (Å²) in [7, 11) is -3.51. The number of hydrogen-bond donors (Lipinski definition) is 3. The van der Waals surface area contributed by atoms with Gasteiger partial charge in [-0.25, -0.2) is 13.1 Å². The minimum atomic E-state index is -3.51. The van der Waals surface area contributed by atoms with Gasteiger partial charge >= 0.3 is 0 Å². The monoisotopic (exact) mass is 297 g/mol. The average molecular weight is 297 g/mol. The second kappa shape index (κ2) is 5.80. The van der Waals surface area contributed by atoms with Gasteiger partial charge in [0.15, 0.2) is 0 Å². The molecule has 0 aliphatic carbocycles. The van der Waals surface area contributed by atoms with Crippen LogP contribution >= 0.6 is 0 Å². The van der Waals surface area contributed by atoms with Gasteiger partial charge in [0.1, 0.15) is 6.04 Å². The third-order valence-electron chi connectivity index (χ3n) is 3.12. The van der Waals surface area contributed by atoms with Crippen LogP contribution in [-0.4, -0.2) is 26.9 Å². The number of nitrogens with one attached hydrogen (secondary N) is 3. The molecule has 20 heavy (non-hydrogen) atoms. The van der Waals surface area contributed by atoms with E-state index in [2.05, 4.69) is 15.4 Å². The molecule has 0 spiro atoms. The van der Waals surface area contributed by atoms with E-state index in [1.165, 1.54) is 12.1 Å². The van der Waals surface area contributed by atoms with Gasteiger partial charge in [-0.05, 0) is 24.6 Å². The van der Waals surface area contributed by atoms with Gasteiger partial charge in [0.25, 0.3) is 0 Å². The molecule has 7 heteroatoms. The van der Waals surface area contributed by atoms with E-state index in [9.17, 15) is 13.2 Å². The number of carbonyl (C=O) groups excluding carboxylic acids is 1. The summed E-state index contributed by atoms with van der Waals surface area (Å²) in [6.45, 7) is 4.05. The molecule has 0 aromatic heterocycles. The smallest absolute Gasteiger partial charge is 0.246 e. The number of sulfonamides is 1. The quantitative estimate of drug-likeness (QED) is 0.769. The molecule has 1 amide bonds. The fourth-order valence-electron chi connectivity index (χ4n) is 2.16. The topological polar surface area (TPSA) is 87.3 Å². The largest absolute Gasteiger partial charge is 0.372 e. The highest BCUT2D eigenvalue weighted by Crippen LogP contribution is 2.30. The fraction of sp³-hybridized carbons (Fsp3) is 0.462. The summed E-state index contributed by atoms with van der Waals surface area (Å²) < 4.78 is 26.3. The maximum Gasteiger partial charge on any atom is 0.246 e. The first-order valence-corrected chi connectivity index (χ1v) is 8.17. The molecule has 1 unspecified atom stereocenters. The molecule has 110 valence electrons. The van der Waals surface area contributed by atoms with E-state index in [1.54, 1.807) is 13.0 Å². The Labute approximate surface area is 119 Å². The van der Waals surface area contributed by atoms with E-state index in [0.29, 0.717) is 12.2 Å². The molecule has 6 nitrogen and oxygen atoms in total. The van der Waals surface area contributed by atoms with Crippen molar-refractivity contribution in [2.45, 2.75) is 37.6 Å². The lowest BCUT2D eigenvalue weighted by Gasteiger charge is -2.27. The summed E-state index contributed by atoms with van der Waals surface area (Å²) in [5.74, 6) is -0.127. The van der Waals surface area contributed by atoms with Crippen LogP contribution in [0.1, 0.15) is 26.7 Å². The summed E-state index contributed by atoms with van der Waals surface area (Å²) in [5.41, 5.74) is 1.25. The van der Waals surface area contributed by atoms with Crippen LogP contribution in [0.3, 0.4) is 0 Å². The average Bonchev–Trinajstić information content (AvgIpc) is 2.39. The van der Waals surface area contributed by atoms with Crippen molar-refractivity contribution < 1.29 is 13.2 Å². The first-order valence-electron chi connectivity index (χ1n) is 6.69. The molecule has 3 N–H and O–H groups in total. The second-order valence-corrected chi connectivity index (χ2v) is 6.45. The van der Waals surface area contributed by atoms with Gasteiger partial charge in [-0.2, -0.15) is 0 Å². The summed E-state index contributed by atoms with van der Waals surface area (Å²) in [6, 6.07) is 4.43. The van der Waals surface area contributed by atoms with E-state index < -0.39 is 10.0 Å². The number of rotatable bonds is 5. The van der Waals surface area contributed by atoms with Crippen LogP contribution < -0.4 is 15.4 Å². The molecule has 1 aromatic carbocycles. The van der Waals surface area contributed by atoms with Crippen molar-refractivity contribution in [3.8, 4) is 0 Å². The molecule has 0 radical (unpaired) electrons. The zero-order valence-corrected chi connectivity index (χ0v) is 12.4. The normalized spacial score (nSPS) is 18.1. The van der Waals surface area contributed by atoms with E-state index in [1.807, 2.05) is 6.92 Å². The number of benzene rings is 1. The van der Waals surface area contributed by atoms with Gasteiger partial charge in [0, 0.05) is 6.54 Å². The van der Waals surface area contributed by atoms with E-state index >= 15 is 0 Å². The third kappa shape index (κ3) is 2.94. The zero-order chi connectivity index (χ0) is 14.8. The Kier molecular flexibility index (Phi) is 4.29. The summed E-state index contributed by atoms with van der Waals surface area (Å²) in [4.78, 5) is 12.0. The molecule has 1 heterocycles. The molecular formula is C13H19N3O3S. The highest BCUT2D eigenvalue weighted by molar-refractivity contribution is 7.89. The molecule has 1 aromatic rings. The lowest BCUT2D eigenvalue weighted by atomic mass is 10.1. The van der Waals surface area contributed by atoms with E-state index in [-0.39, 0.29) is 16.8 Å². The van der Waals surface area contributed by atoms with Crippen LogP contribution in [0.5, 0.6) is 0 Å². The first-order chi connectivity index (χ1) is 9.47. The fourth-order valence-corrected chi connectivity index (χ4v) is 3.23. The van der Waals surface area contributed by atoms with Crippen molar-refractivity contribution in [3.63, 3.8) is 0 Å². The maximum absolute atomic E-state index is 11.9. The number of amides is 1. The Morgan fingerprint density at radius 2 is 2.00 bits per heavy atom. The van der Waals surface area contributed by atoms with Crippen molar-refractivity contribution in [1.29, 1.82) is 0 Å². The molecular weight excluding hydrogens is 278 g/mol. The second-order valence-electron chi connectivity index (χ2n) is 4.68. The number of carbonyl (C=O) groups is 1. The minimum absolute atomic E-state index is 0.127. The summed E-state index contributed by atoms with van der Waals surface area (Å²) >= 11 is 0. The molecule has 0 saturated carbocycles. The van der Waals surface area contributed by atoms with Crippen LogP contribution in [0.2, 0.25) is 0 Å². The Balaban J connectivity index is 2.30. The SMILES string of the molecule is CCCC1Nc2ccc(S(=O)(=O)NCC)cc2NC1=O. The van der Waals surface area contributed by atoms with Crippen LogP contribution in [0.4, 0.5) is 11.4 Å². The van der Waals surface area contributed by atoms with Gasteiger partial charge in [-0.15, -0.1) is 0 Å². The molecule has 1 atom stereocenters. The van der Waals surface area contributed by atoms with Gasteiger partial charge in [0.05, 0.1) is 16.3 Å². The summed E-state index contributed by atoms with van der Waals surface area (Å²) in [6.07, 6.45) is 1.63. The van der Waals surface area contributed by atoms with Gasteiger partial charge in [0.2, 0.25) is 15.9 Å². The highest BCUT2D eigenvalue weighted by atomic mass is 32.2. The zero-order valence-electron chi connectivity index (χ0n) is 11.6. The Morgan fingerprint density at radius 1 is 1.25 bits per heavy atom. The van der Waals surface area contributed by atoms with Gasteiger partial charge in [-0.3, -0.25) is 4.79 Å². The van der Waals surface area contributed by atoms with Crippen molar-refractivity contribution in [2.75, 3.05) is 17.2 Å². The van der Waals surface area contributed by atoms with Gasteiger partial charge < -0.3 is 10.6 Å². The highest BCUT2D eigenvalue weighted by Gasteiger charge is 2.25. The lowest BCUT2D eigenvalue weighted by Crippen LogP contribution is -2.38. The van der Waals surface area contributed by atoms with Crippen LogP contribution in [0, 0.1) is 0 Å². The van der Waals surface area contributed by atoms with Crippen molar-refractivity contribution >= 4 is 27.3 Å². The Morgan fingerprint density at radius 3 is 2.65 bits per heavy atom. The molecule has 1 aliphatic rings. The molecule has 1 aliphatic heterocycles. The molecule has 0 bridgehead atoms. The standard InChI is InChI=1S/C13H19N3O3S/c1-3-5-11-13(17)16-12-8-9(6-7-10(12)15-11)20(18,19)14-4-2/h6-8,11,14-15H,3-5H2,1-2H3,(H,16,17). The summed E-state index contributed by atoms with van der Waals surface area (Å²) in [5, 5.41) is 5.89. The number of anilines is 2. The predicted molar refractivity (Wildman–Crippen MR) is 78.3 cm³/mol. The first kappa shape index (κ1) is 14.8. The third-order valence-corrected chi connectivity index (χ3v) is 4.66.